The molecule has 2 saturated carbocycles. The standard InChI is InChI=1S/C15H14Cl4O2/c1-21-14(20)13-12(15(13,18)19)9-5-8(16)6-10(17)11(9)7-3-2-4-7/h5-7,12-13H,2-4H2,1H3/t12-,13+/m0/s1. The molecule has 21 heavy (non-hydrogen) atoms. The molecule has 0 aliphatic heterocycles. The Hall–Kier alpha value is -0.150. The van der Waals surface area contributed by atoms with Gasteiger partial charge in [-0.3, -0.25) is 4.79 Å². The van der Waals surface area contributed by atoms with Crippen molar-refractivity contribution in [2.75, 3.05) is 7.11 Å². The van der Waals surface area contributed by atoms with E-state index < -0.39 is 16.2 Å². The van der Waals surface area contributed by atoms with Crippen molar-refractivity contribution in [2.45, 2.75) is 35.4 Å². The van der Waals surface area contributed by atoms with Crippen LogP contribution in [0.2, 0.25) is 10.0 Å². The van der Waals surface area contributed by atoms with E-state index in [-0.39, 0.29) is 5.92 Å². The van der Waals surface area contributed by atoms with E-state index in [1.165, 1.54) is 13.5 Å². The van der Waals surface area contributed by atoms with Gasteiger partial charge in [-0.25, -0.2) is 0 Å². The SMILES string of the molecule is COC(=O)[C@H]1[C@H](c2cc(Cl)cc(Cl)c2C2CCC2)C1(Cl)Cl. The lowest BCUT2D eigenvalue weighted by molar-refractivity contribution is -0.142. The van der Waals surface area contributed by atoms with E-state index in [1.54, 1.807) is 6.07 Å². The highest BCUT2D eigenvalue weighted by molar-refractivity contribution is 6.53. The van der Waals surface area contributed by atoms with Gasteiger partial charge in [0.2, 0.25) is 0 Å². The maximum absolute atomic E-state index is 11.9. The summed E-state index contributed by atoms with van der Waals surface area (Å²) in [5.74, 6) is -0.896. The highest BCUT2D eigenvalue weighted by atomic mass is 35.5. The lowest BCUT2D eigenvalue weighted by atomic mass is 9.77. The van der Waals surface area contributed by atoms with Gasteiger partial charge in [0, 0.05) is 16.0 Å². The fourth-order valence-corrected chi connectivity index (χ4v) is 4.58. The van der Waals surface area contributed by atoms with Gasteiger partial charge in [0.15, 0.2) is 0 Å². The molecule has 0 amide bonds. The molecule has 3 rings (SSSR count). The van der Waals surface area contributed by atoms with Crippen LogP contribution in [0.4, 0.5) is 0 Å². The number of carbonyl (C=O) groups is 1. The second-order valence-corrected chi connectivity index (χ2v) is 7.96. The molecule has 2 nitrogen and oxygen atoms in total. The van der Waals surface area contributed by atoms with Crippen LogP contribution in [-0.4, -0.2) is 17.4 Å². The van der Waals surface area contributed by atoms with Gasteiger partial charge in [-0.1, -0.05) is 52.8 Å². The summed E-state index contributed by atoms with van der Waals surface area (Å²) in [6.07, 6.45) is 3.35. The molecule has 0 heterocycles. The quantitative estimate of drug-likeness (QED) is 0.533. The first-order valence-corrected chi connectivity index (χ1v) is 8.33. The van der Waals surface area contributed by atoms with Gasteiger partial charge in [0.05, 0.1) is 7.11 Å². The van der Waals surface area contributed by atoms with Crippen LogP contribution in [0.1, 0.15) is 42.2 Å². The number of ether oxygens (including phenoxy) is 1. The number of methoxy groups -OCH3 is 1. The number of benzene rings is 1. The first-order valence-electron chi connectivity index (χ1n) is 6.82. The van der Waals surface area contributed by atoms with Crippen molar-refractivity contribution in [1.82, 2.24) is 0 Å². The molecule has 0 saturated heterocycles. The Balaban J connectivity index is 2.04. The first kappa shape index (κ1) is 15.7. The van der Waals surface area contributed by atoms with Gasteiger partial charge < -0.3 is 4.74 Å². The average Bonchev–Trinajstić information content (AvgIpc) is 2.91. The van der Waals surface area contributed by atoms with Crippen LogP contribution < -0.4 is 0 Å². The van der Waals surface area contributed by atoms with Crippen molar-refractivity contribution >= 4 is 52.4 Å². The van der Waals surface area contributed by atoms with Gasteiger partial charge in [-0.15, -0.1) is 0 Å². The largest absolute Gasteiger partial charge is 0.469 e. The molecule has 1 aromatic rings. The molecule has 0 unspecified atom stereocenters. The van der Waals surface area contributed by atoms with Crippen molar-refractivity contribution in [3.63, 3.8) is 0 Å². The van der Waals surface area contributed by atoms with E-state index in [0.717, 1.165) is 24.0 Å². The monoisotopic (exact) mass is 366 g/mol. The van der Waals surface area contributed by atoms with Crippen molar-refractivity contribution in [2.24, 2.45) is 5.92 Å². The minimum atomic E-state index is -1.15. The fraction of sp³-hybridized carbons (Fsp3) is 0.533. The minimum absolute atomic E-state index is 0.319. The lowest BCUT2D eigenvalue weighted by Gasteiger charge is -2.29. The van der Waals surface area contributed by atoms with Crippen molar-refractivity contribution in [1.29, 1.82) is 0 Å². The Labute approximate surface area is 143 Å². The van der Waals surface area contributed by atoms with Crippen LogP contribution in [0.5, 0.6) is 0 Å². The van der Waals surface area contributed by atoms with E-state index in [1.807, 2.05) is 6.07 Å². The molecule has 0 N–H and O–H groups in total. The fourth-order valence-electron chi connectivity index (χ4n) is 3.12. The highest BCUT2D eigenvalue weighted by Gasteiger charge is 2.69. The number of halogens is 4. The predicted molar refractivity (Wildman–Crippen MR) is 85.7 cm³/mol. The van der Waals surface area contributed by atoms with Crippen LogP contribution >= 0.6 is 46.4 Å². The highest BCUT2D eigenvalue weighted by Crippen LogP contribution is 2.67. The Bertz CT molecular complexity index is 596. The summed E-state index contributed by atoms with van der Waals surface area (Å²) in [7, 11) is 1.33. The molecule has 1 aromatic carbocycles. The molecule has 0 radical (unpaired) electrons. The van der Waals surface area contributed by atoms with E-state index in [2.05, 4.69) is 0 Å². The third kappa shape index (κ3) is 2.55. The zero-order chi connectivity index (χ0) is 15.4. The average molecular weight is 368 g/mol. The number of carbonyl (C=O) groups excluding carboxylic acids is 1. The third-order valence-corrected chi connectivity index (χ3v) is 5.95. The normalized spacial score (nSPS) is 27.1. The maximum Gasteiger partial charge on any atom is 0.312 e. The molecule has 2 aliphatic carbocycles. The van der Waals surface area contributed by atoms with Gasteiger partial charge >= 0.3 is 5.97 Å². The van der Waals surface area contributed by atoms with Crippen LogP contribution in [0, 0.1) is 5.92 Å². The van der Waals surface area contributed by atoms with Gasteiger partial charge in [0.25, 0.3) is 0 Å². The first-order chi connectivity index (χ1) is 9.87. The summed E-state index contributed by atoms with van der Waals surface area (Å²) in [6, 6.07) is 3.56. The van der Waals surface area contributed by atoms with E-state index >= 15 is 0 Å². The number of hydrogen-bond donors (Lipinski definition) is 0. The molecule has 2 atom stereocenters. The van der Waals surface area contributed by atoms with E-state index in [0.29, 0.717) is 16.0 Å². The second-order valence-electron chi connectivity index (χ2n) is 5.67. The Morgan fingerprint density at radius 1 is 1.29 bits per heavy atom. The molecule has 2 fully saturated rings. The molecular weight excluding hydrogens is 354 g/mol. The molecule has 0 aromatic heterocycles. The Morgan fingerprint density at radius 3 is 2.48 bits per heavy atom. The molecule has 0 bridgehead atoms. The molecular formula is C15H14Cl4O2. The molecule has 6 heteroatoms. The summed E-state index contributed by atoms with van der Waals surface area (Å²) in [4.78, 5) is 11.9. The Kier molecular flexibility index (Phi) is 4.11. The molecule has 114 valence electrons. The summed E-state index contributed by atoms with van der Waals surface area (Å²) in [5, 5.41) is 1.15. The van der Waals surface area contributed by atoms with Gasteiger partial charge in [-0.2, -0.15) is 0 Å². The van der Waals surface area contributed by atoms with Gasteiger partial charge in [0.1, 0.15) is 10.3 Å². The number of esters is 1. The summed E-state index contributed by atoms with van der Waals surface area (Å²) in [6.45, 7) is 0. The van der Waals surface area contributed by atoms with Crippen molar-refractivity contribution < 1.29 is 9.53 Å². The smallest absolute Gasteiger partial charge is 0.312 e. The van der Waals surface area contributed by atoms with Crippen LogP contribution in [0.15, 0.2) is 12.1 Å². The summed E-state index contributed by atoms with van der Waals surface area (Å²) >= 11 is 25.1. The van der Waals surface area contributed by atoms with Gasteiger partial charge in [-0.05, 0) is 42.0 Å². The third-order valence-electron chi connectivity index (χ3n) is 4.48. The lowest BCUT2D eigenvalue weighted by Crippen LogP contribution is -2.13. The zero-order valence-corrected chi connectivity index (χ0v) is 14.4. The van der Waals surface area contributed by atoms with Crippen LogP contribution in [0.3, 0.4) is 0 Å². The van der Waals surface area contributed by atoms with E-state index in [9.17, 15) is 4.79 Å². The maximum atomic E-state index is 11.9. The number of hydrogen-bond acceptors (Lipinski definition) is 2. The summed E-state index contributed by atoms with van der Waals surface area (Å²) < 4.78 is 3.64. The number of alkyl halides is 2. The zero-order valence-electron chi connectivity index (χ0n) is 11.3. The predicted octanol–water partition coefficient (Wildman–Crippen LogP) is 5.32. The molecule has 2 aliphatic rings. The van der Waals surface area contributed by atoms with Crippen LogP contribution in [-0.2, 0) is 9.53 Å². The Morgan fingerprint density at radius 2 is 1.95 bits per heavy atom. The van der Waals surface area contributed by atoms with Crippen molar-refractivity contribution in [3.8, 4) is 0 Å². The summed E-state index contributed by atoms with van der Waals surface area (Å²) in [5.41, 5.74) is 1.92. The van der Waals surface area contributed by atoms with Crippen molar-refractivity contribution in [3.05, 3.63) is 33.3 Å². The second kappa shape index (κ2) is 5.49. The van der Waals surface area contributed by atoms with Crippen LogP contribution in [0.25, 0.3) is 0 Å². The minimum Gasteiger partial charge on any atom is -0.469 e. The number of rotatable bonds is 3. The molecule has 0 spiro atoms. The van der Waals surface area contributed by atoms with E-state index in [4.69, 9.17) is 51.1 Å². The topological polar surface area (TPSA) is 26.3 Å².